The zero-order valence-corrected chi connectivity index (χ0v) is 10.6. The number of aromatic hydroxyl groups is 1. The van der Waals surface area contributed by atoms with Crippen LogP contribution in [0.3, 0.4) is 0 Å². The van der Waals surface area contributed by atoms with Gasteiger partial charge in [0, 0.05) is 12.1 Å². The molecule has 4 heteroatoms. The molecule has 1 aromatic carbocycles. The van der Waals surface area contributed by atoms with E-state index in [2.05, 4.69) is 5.32 Å². The summed E-state index contributed by atoms with van der Waals surface area (Å²) < 4.78 is 5.37. The van der Waals surface area contributed by atoms with E-state index < -0.39 is 0 Å². The van der Waals surface area contributed by atoms with Crippen LogP contribution in [0.2, 0.25) is 0 Å². The first-order valence-electron chi connectivity index (χ1n) is 6.36. The number of carbonyl (C=O) groups excluding carboxylic acids is 1. The molecule has 0 unspecified atom stereocenters. The smallest absolute Gasteiger partial charge is 0.258 e. The molecule has 0 heterocycles. The molecular formula is C14H19NO3. The minimum absolute atomic E-state index is 0.000602. The van der Waals surface area contributed by atoms with E-state index in [0.29, 0.717) is 11.8 Å². The van der Waals surface area contributed by atoms with Gasteiger partial charge in [-0.1, -0.05) is 12.8 Å². The Kier molecular flexibility index (Phi) is 4.07. The fraction of sp³-hybridized carbons (Fsp3) is 0.500. The zero-order chi connectivity index (χ0) is 13.0. The molecule has 0 bridgehead atoms. The van der Waals surface area contributed by atoms with E-state index in [4.69, 9.17) is 4.74 Å². The number of ether oxygens (including phenoxy) is 1. The minimum Gasteiger partial charge on any atom is -0.508 e. The van der Waals surface area contributed by atoms with Crippen molar-refractivity contribution >= 4 is 5.91 Å². The molecule has 98 valence electrons. The predicted octanol–water partition coefficient (Wildman–Crippen LogP) is 2.14. The SMILES string of the molecule is Cc1cc(O)cc(OCC(=O)NC2CCCC2)c1. The van der Waals surface area contributed by atoms with Gasteiger partial charge in [-0.05, 0) is 37.5 Å². The average Bonchev–Trinajstić information content (AvgIpc) is 2.78. The molecule has 1 saturated carbocycles. The van der Waals surface area contributed by atoms with Crippen LogP contribution in [-0.2, 0) is 4.79 Å². The predicted molar refractivity (Wildman–Crippen MR) is 68.7 cm³/mol. The number of amides is 1. The summed E-state index contributed by atoms with van der Waals surface area (Å²) in [6, 6.07) is 5.26. The molecule has 0 saturated heterocycles. The summed E-state index contributed by atoms with van der Waals surface area (Å²) in [7, 11) is 0. The maximum absolute atomic E-state index is 11.6. The third-order valence-electron chi connectivity index (χ3n) is 3.13. The summed E-state index contributed by atoms with van der Waals surface area (Å²) in [4.78, 5) is 11.6. The van der Waals surface area contributed by atoms with Crippen LogP contribution in [0, 0.1) is 6.92 Å². The van der Waals surface area contributed by atoms with Crippen molar-refractivity contribution in [3.05, 3.63) is 23.8 Å². The number of nitrogens with one attached hydrogen (secondary N) is 1. The summed E-state index contributed by atoms with van der Waals surface area (Å²) in [5.41, 5.74) is 0.904. The number of phenols is 1. The highest BCUT2D eigenvalue weighted by Gasteiger charge is 2.17. The Labute approximate surface area is 107 Å². The standard InChI is InChI=1S/C14H19NO3/c1-10-6-12(16)8-13(7-10)18-9-14(17)15-11-4-2-3-5-11/h6-8,11,16H,2-5,9H2,1H3,(H,15,17). The van der Waals surface area contributed by atoms with E-state index in [0.717, 1.165) is 18.4 Å². The van der Waals surface area contributed by atoms with E-state index in [-0.39, 0.29) is 18.3 Å². The molecule has 0 aromatic heterocycles. The first-order chi connectivity index (χ1) is 8.63. The number of aryl methyl sites for hydroxylation is 1. The lowest BCUT2D eigenvalue weighted by atomic mass is 10.2. The van der Waals surface area contributed by atoms with Gasteiger partial charge < -0.3 is 15.2 Å². The van der Waals surface area contributed by atoms with Crippen molar-refractivity contribution in [2.75, 3.05) is 6.61 Å². The van der Waals surface area contributed by atoms with Gasteiger partial charge in [0.2, 0.25) is 0 Å². The van der Waals surface area contributed by atoms with Gasteiger partial charge in [0.25, 0.3) is 5.91 Å². The minimum atomic E-state index is -0.0945. The van der Waals surface area contributed by atoms with Crippen LogP contribution in [0.4, 0.5) is 0 Å². The molecule has 0 atom stereocenters. The molecule has 1 aliphatic carbocycles. The van der Waals surface area contributed by atoms with Gasteiger partial charge in [0.1, 0.15) is 11.5 Å². The summed E-state index contributed by atoms with van der Waals surface area (Å²) in [6.45, 7) is 1.87. The van der Waals surface area contributed by atoms with Crippen LogP contribution >= 0.6 is 0 Å². The number of phenolic OH excluding ortho intramolecular Hbond substituents is 1. The molecule has 2 rings (SSSR count). The van der Waals surface area contributed by atoms with E-state index in [1.165, 1.54) is 18.9 Å². The van der Waals surface area contributed by atoms with Crippen molar-refractivity contribution in [1.29, 1.82) is 0 Å². The van der Waals surface area contributed by atoms with Gasteiger partial charge in [0.05, 0.1) is 0 Å². The summed E-state index contributed by atoms with van der Waals surface area (Å²) in [5.74, 6) is 0.582. The van der Waals surface area contributed by atoms with Crippen molar-refractivity contribution in [2.45, 2.75) is 38.6 Å². The molecule has 0 radical (unpaired) electrons. The second kappa shape index (κ2) is 5.76. The van der Waals surface area contributed by atoms with E-state index in [9.17, 15) is 9.90 Å². The molecule has 1 aliphatic rings. The second-order valence-corrected chi connectivity index (χ2v) is 4.84. The fourth-order valence-corrected chi connectivity index (χ4v) is 2.30. The largest absolute Gasteiger partial charge is 0.508 e. The molecular weight excluding hydrogens is 230 g/mol. The summed E-state index contributed by atoms with van der Waals surface area (Å²) in [5, 5.41) is 12.4. The van der Waals surface area contributed by atoms with Gasteiger partial charge >= 0.3 is 0 Å². The second-order valence-electron chi connectivity index (χ2n) is 4.84. The quantitative estimate of drug-likeness (QED) is 0.859. The first-order valence-corrected chi connectivity index (χ1v) is 6.36. The highest BCUT2D eigenvalue weighted by Crippen LogP contribution is 2.21. The van der Waals surface area contributed by atoms with Crippen LogP contribution in [0.1, 0.15) is 31.2 Å². The fourth-order valence-electron chi connectivity index (χ4n) is 2.30. The highest BCUT2D eigenvalue weighted by molar-refractivity contribution is 5.77. The molecule has 1 fully saturated rings. The third kappa shape index (κ3) is 3.65. The first kappa shape index (κ1) is 12.7. The third-order valence-corrected chi connectivity index (χ3v) is 3.13. The van der Waals surface area contributed by atoms with E-state index in [1.54, 1.807) is 12.1 Å². The molecule has 0 aliphatic heterocycles. The Hall–Kier alpha value is -1.71. The molecule has 1 aromatic rings. The molecule has 4 nitrogen and oxygen atoms in total. The Morgan fingerprint density at radius 2 is 2.11 bits per heavy atom. The van der Waals surface area contributed by atoms with Crippen LogP contribution < -0.4 is 10.1 Å². The van der Waals surface area contributed by atoms with Gasteiger partial charge in [-0.2, -0.15) is 0 Å². The zero-order valence-electron chi connectivity index (χ0n) is 10.6. The highest BCUT2D eigenvalue weighted by atomic mass is 16.5. The van der Waals surface area contributed by atoms with Gasteiger partial charge in [-0.15, -0.1) is 0 Å². The number of rotatable bonds is 4. The van der Waals surface area contributed by atoms with E-state index >= 15 is 0 Å². The normalized spacial score (nSPS) is 15.6. The summed E-state index contributed by atoms with van der Waals surface area (Å²) in [6.07, 6.45) is 4.52. The summed E-state index contributed by atoms with van der Waals surface area (Å²) >= 11 is 0. The monoisotopic (exact) mass is 249 g/mol. The lowest BCUT2D eigenvalue weighted by molar-refractivity contribution is -0.123. The number of hydrogen-bond acceptors (Lipinski definition) is 3. The van der Waals surface area contributed by atoms with Crippen LogP contribution in [0.5, 0.6) is 11.5 Å². The van der Waals surface area contributed by atoms with E-state index in [1.807, 2.05) is 6.92 Å². The average molecular weight is 249 g/mol. The van der Waals surface area contributed by atoms with Crippen LogP contribution in [-0.4, -0.2) is 23.7 Å². The van der Waals surface area contributed by atoms with Gasteiger partial charge in [0.15, 0.2) is 6.61 Å². The molecule has 2 N–H and O–H groups in total. The Morgan fingerprint density at radius 1 is 1.39 bits per heavy atom. The number of carbonyl (C=O) groups is 1. The van der Waals surface area contributed by atoms with Crippen LogP contribution in [0.25, 0.3) is 0 Å². The van der Waals surface area contributed by atoms with Crippen LogP contribution in [0.15, 0.2) is 18.2 Å². The van der Waals surface area contributed by atoms with Crippen molar-refractivity contribution in [3.63, 3.8) is 0 Å². The molecule has 1 amide bonds. The Balaban J connectivity index is 1.81. The number of hydrogen-bond donors (Lipinski definition) is 2. The van der Waals surface area contributed by atoms with Crippen molar-refractivity contribution in [3.8, 4) is 11.5 Å². The van der Waals surface area contributed by atoms with Gasteiger partial charge in [-0.3, -0.25) is 4.79 Å². The topological polar surface area (TPSA) is 58.6 Å². The maximum atomic E-state index is 11.6. The van der Waals surface area contributed by atoms with Gasteiger partial charge in [-0.25, -0.2) is 0 Å². The molecule has 18 heavy (non-hydrogen) atoms. The maximum Gasteiger partial charge on any atom is 0.258 e. The number of benzene rings is 1. The van der Waals surface area contributed by atoms with Crippen molar-refractivity contribution < 1.29 is 14.6 Å². The van der Waals surface area contributed by atoms with Crippen molar-refractivity contribution in [2.24, 2.45) is 0 Å². The Bertz CT molecular complexity index is 405. The lowest BCUT2D eigenvalue weighted by Gasteiger charge is -2.12. The Morgan fingerprint density at radius 3 is 2.78 bits per heavy atom. The lowest BCUT2D eigenvalue weighted by Crippen LogP contribution is -2.36. The van der Waals surface area contributed by atoms with Crippen molar-refractivity contribution in [1.82, 2.24) is 5.32 Å². The molecule has 0 spiro atoms.